The average Bonchev–Trinajstić information content (AvgIpc) is 3.04. The SMILES string of the molecule is CC[C@H](C)[C@H](NC(=O)[C@H](COC(C)(C)C)NC(=O)[C@H](Cc1ccc(OC(C)(C)C)cc1)NC(=O)[C@H](CC(=O)OC(C)(C)C)NC(=O)[C@@H](N)COC(C)(C)C)C(=O)O. The molecule has 0 saturated heterocycles. The third kappa shape index (κ3) is 21.2. The van der Waals surface area contributed by atoms with Crippen molar-refractivity contribution < 1.29 is 52.8 Å². The van der Waals surface area contributed by atoms with Gasteiger partial charge in [0.2, 0.25) is 23.6 Å². The molecule has 1 rings (SSSR count). The predicted molar refractivity (Wildman–Crippen MR) is 215 cm³/mol. The number of carbonyl (C=O) groups is 6. The second-order valence-electron chi connectivity index (χ2n) is 18.2. The summed E-state index contributed by atoms with van der Waals surface area (Å²) in [5, 5.41) is 20.2. The van der Waals surface area contributed by atoms with E-state index in [-0.39, 0.29) is 19.6 Å². The highest BCUT2D eigenvalue weighted by Gasteiger charge is 2.35. The van der Waals surface area contributed by atoms with Crippen LogP contribution >= 0.6 is 0 Å². The van der Waals surface area contributed by atoms with Gasteiger partial charge in [0.1, 0.15) is 47.2 Å². The number of hydrogen-bond acceptors (Lipinski definition) is 11. The minimum atomic E-state index is -1.54. The van der Waals surface area contributed by atoms with E-state index >= 15 is 0 Å². The van der Waals surface area contributed by atoms with Gasteiger partial charge in [0.05, 0.1) is 30.8 Å². The van der Waals surface area contributed by atoms with E-state index < -0.39 is 101 Å². The zero-order valence-corrected chi connectivity index (χ0v) is 36.4. The summed E-state index contributed by atoms with van der Waals surface area (Å²) in [5.41, 5.74) is 3.91. The molecule has 4 amide bonds. The number of esters is 1. The van der Waals surface area contributed by atoms with Gasteiger partial charge < -0.3 is 51.1 Å². The van der Waals surface area contributed by atoms with Crippen molar-refractivity contribution >= 4 is 35.6 Å². The van der Waals surface area contributed by atoms with Crippen molar-refractivity contribution in [1.29, 1.82) is 0 Å². The molecule has 6 atom stereocenters. The molecule has 0 radical (unpaired) electrons. The summed E-state index contributed by atoms with van der Waals surface area (Å²) in [7, 11) is 0. The summed E-state index contributed by atoms with van der Waals surface area (Å²) < 4.78 is 22.9. The van der Waals surface area contributed by atoms with Gasteiger partial charge in [-0.3, -0.25) is 24.0 Å². The molecule has 16 nitrogen and oxygen atoms in total. The van der Waals surface area contributed by atoms with Crippen LogP contribution in [0.4, 0.5) is 0 Å². The third-order valence-electron chi connectivity index (χ3n) is 7.97. The number of nitrogens with two attached hydrogens (primary N) is 1. The van der Waals surface area contributed by atoms with E-state index in [1.807, 2.05) is 20.8 Å². The molecular formula is C41H69N5O11. The molecule has 16 heteroatoms. The van der Waals surface area contributed by atoms with Gasteiger partial charge >= 0.3 is 11.9 Å². The van der Waals surface area contributed by atoms with E-state index in [1.165, 1.54) is 0 Å². The largest absolute Gasteiger partial charge is 0.488 e. The summed E-state index contributed by atoms with van der Waals surface area (Å²) in [6.45, 7) is 24.2. The summed E-state index contributed by atoms with van der Waals surface area (Å²) >= 11 is 0. The van der Waals surface area contributed by atoms with E-state index in [2.05, 4.69) is 21.3 Å². The highest BCUT2D eigenvalue weighted by molar-refractivity contribution is 5.97. The molecule has 0 aliphatic rings. The summed E-state index contributed by atoms with van der Waals surface area (Å²) in [4.78, 5) is 80.2. The topological polar surface area (TPSA) is 234 Å². The maximum absolute atomic E-state index is 14.2. The quantitative estimate of drug-likeness (QED) is 0.104. The molecule has 0 saturated carbocycles. The van der Waals surface area contributed by atoms with Crippen molar-refractivity contribution in [1.82, 2.24) is 21.3 Å². The van der Waals surface area contributed by atoms with Crippen LogP contribution in [0.1, 0.15) is 115 Å². The molecule has 1 aromatic carbocycles. The number of nitrogens with one attached hydrogen (secondary N) is 4. The third-order valence-corrected chi connectivity index (χ3v) is 7.97. The van der Waals surface area contributed by atoms with Crippen LogP contribution in [-0.4, -0.2) is 107 Å². The number of hydrogen-bond donors (Lipinski definition) is 6. The van der Waals surface area contributed by atoms with Gasteiger partial charge in [0.25, 0.3) is 0 Å². The lowest BCUT2D eigenvalue weighted by Gasteiger charge is -2.29. The minimum absolute atomic E-state index is 0.113. The highest BCUT2D eigenvalue weighted by Crippen LogP contribution is 2.20. The molecule has 0 aliphatic carbocycles. The molecule has 324 valence electrons. The monoisotopic (exact) mass is 807 g/mol. The zero-order chi connectivity index (χ0) is 44.1. The van der Waals surface area contributed by atoms with Crippen LogP contribution in [0.5, 0.6) is 5.75 Å². The molecule has 0 aromatic heterocycles. The molecule has 1 aromatic rings. The van der Waals surface area contributed by atoms with Crippen molar-refractivity contribution in [2.45, 2.75) is 169 Å². The highest BCUT2D eigenvalue weighted by atomic mass is 16.6. The van der Waals surface area contributed by atoms with Crippen LogP contribution < -0.4 is 31.7 Å². The molecule has 0 spiro atoms. The van der Waals surface area contributed by atoms with Gasteiger partial charge in [-0.2, -0.15) is 0 Å². The maximum Gasteiger partial charge on any atom is 0.326 e. The summed E-state index contributed by atoms with van der Waals surface area (Å²) in [6, 6.07) is 0.0466. The van der Waals surface area contributed by atoms with Crippen LogP contribution in [0.3, 0.4) is 0 Å². The van der Waals surface area contributed by atoms with Gasteiger partial charge in [0, 0.05) is 6.42 Å². The van der Waals surface area contributed by atoms with Gasteiger partial charge in [-0.05, 0) is 107 Å². The fourth-order valence-corrected chi connectivity index (χ4v) is 4.94. The van der Waals surface area contributed by atoms with Gasteiger partial charge in [-0.15, -0.1) is 0 Å². The van der Waals surface area contributed by atoms with Gasteiger partial charge in [0.15, 0.2) is 0 Å². The molecule has 0 aliphatic heterocycles. The number of carboxylic acid groups (broad SMARTS) is 1. The Balaban J connectivity index is 3.63. The Bertz CT molecular complexity index is 1500. The Labute approximate surface area is 338 Å². The van der Waals surface area contributed by atoms with E-state index in [4.69, 9.17) is 24.7 Å². The van der Waals surface area contributed by atoms with Crippen molar-refractivity contribution in [2.24, 2.45) is 11.7 Å². The first-order valence-corrected chi connectivity index (χ1v) is 19.4. The fraction of sp³-hybridized carbons (Fsp3) is 0.707. The van der Waals surface area contributed by atoms with Crippen molar-refractivity contribution in [3.63, 3.8) is 0 Å². The van der Waals surface area contributed by atoms with E-state index in [0.717, 1.165) is 0 Å². The lowest BCUT2D eigenvalue weighted by molar-refractivity contribution is -0.156. The number of rotatable bonds is 20. The second-order valence-corrected chi connectivity index (χ2v) is 18.2. The smallest absolute Gasteiger partial charge is 0.326 e. The zero-order valence-electron chi connectivity index (χ0n) is 36.4. The van der Waals surface area contributed by atoms with E-state index in [1.54, 1.807) is 100 Å². The normalized spacial score (nSPS) is 15.5. The average molecular weight is 808 g/mol. The lowest BCUT2D eigenvalue weighted by Crippen LogP contribution is -2.60. The number of carboxylic acids is 1. The first-order chi connectivity index (χ1) is 25.9. The molecule has 0 unspecified atom stereocenters. The first-order valence-electron chi connectivity index (χ1n) is 19.4. The fourth-order valence-electron chi connectivity index (χ4n) is 4.94. The Morgan fingerprint density at radius 3 is 1.60 bits per heavy atom. The molecule has 0 heterocycles. The Morgan fingerprint density at radius 2 is 1.12 bits per heavy atom. The molecule has 57 heavy (non-hydrogen) atoms. The minimum Gasteiger partial charge on any atom is -0.488 e. The Hall–Kier alpha value is -4.28. The number of amides is 4. The van der Waals surface area contributed by atoms with Crippen LogP contribution in [-0.2, 0) is 49.4 Å². The summed E-state index contributed by atoms with van der Waals surface area (Å²) in [6.07, 6.45) is -0.264. The predicted octanol–water partition coefficient (Wildman–Crippen LogP) is 3.17. The molecule has 0 fully saturated rings. The lowest BCUT2D eigenvalue weighted by atomic mass is 9.99. The van der Waals surface area contributed by atoms with Crippen LogP contribution in [0.15, 0.2) is 24.3 Å². The van der Waals surface area contributed by atoms with Gasteiger partial charge in [-0.25, -0.2) is 4.79 Å². The standard InChI is InChI=1S/C41H69N5O11/c1-15-24(2)32(37(52)53)46-36(51)30(23-55-39(6,7)8)45-34(49)28(20-25-16-18-26(19-17-25)56-40(9,10)11)44-35(50)29(21-31(47)57-41(12,13)14)43-33(48)27(42)22-54-38(3,4)5/h16-19,24,27-30,32H,15,20-23,42H2,1-14H3,(H,43,48)(H,44,50)(H,45,49)(H,46,51)(H,52,53)/t24-,27-,28-,29-,30-,32-/m0/s1. The van der Waals surface area contributed by atoms with Crippen LogP contribution in [0, 0.1) is 5.92 Å². The molecule has 0 bridgehead atoms. The number of ether oxygens (including phenoxy) is 4. The number of carbonyl (C=O) groups excluding carboxylic acids is 5. The maximum atomic E-state index is 14.2. The number of benzene rings is 1. The summed E-state index contributed by atoms with van der Waals surface area (Å²) in [5.74, 6) is -5.26. The Morgan fingerprint density at radius 1 is 0.649 bits per heavy atom. The van der Waals surface area contributed by atoms with Crippen LogP contribution in [0.2, 0.25) is 0 Å². The first kappa shape index (κ1) is 50.7. The van der Waals surface area contributed by atoms with Crippen molar-refractivity contribution in [3.8, 4) is 5.75 Å². The van der Waals surface area contributed by atoms with Crippen molar-refractivity contribution in [2.75, 3.05) is 13.2 Å². The number of aliphatic carboxylic acids is 1. The van der Waals surface area contributed by atoms with E-state index in [9.17, 15) is 33.9 Å². The van der Waals surface area contributed by atoms with Gasteiger partial charge in [-0.1, -0.05) is 32.4 Å². The molecular weight excluding hydrogens is 738 g/mol. The second kappa shape index (κ2) is 21.5. The molecule has 7 N–H and O–H groups in total. The Kier molecular flexibility index (Phi) is 19.1. The van der Waals surface area contributed by atoms with E-state index in [0.29, 0.717) is 17.7 Å². The van der Waals surface area contributed by atoms with Crippen LogP contribution in [0.25, 0.3) is 0 Å². The van der Waals surface area contributed by atoms with Crippen molar-refractivity contribution in [3.05, 3.63) is 29.8 Å².